The SMILES string of the molecule is COCC(CCO)N1CCNC1=O. The summed E-state index contributed by atoms with van der Waals surface area (Å²) in [6, 6.07) is -0.0620. The molecule has 1 atom stereocenters. The van der Waals surface area contributed by atoms with E-state index >= 15 is 0 Å². The first-order valence-corrected chi connectivity index (χ1v) is 4.44. The number of carbonyl (C=O) groups excluding carboxylic acids is 1. The molecule has 0 spiro atoms. The Morgan fingerprint density at radius 2 is 2.54 bits per heavy atom. The molecule has 0 aromatic rings. The van der Waals surface area contributed by atoms with Crippen molar-refractivity contribution in [3.8, 4) is 0 Å². The predicted octanol–water partition coefficient (Wildman–Crippen LogP) is -0.591. The molecular formula is C8H16N2O3. The van der Waals surface area contributed by atoms with Crippen LogP contribution in [0.5, 0.6) is 0 Å². The lowest BCUT2D eigenvalue weighted by Gasteiger charge is -2.25. The lowest BCUT2D eigenvalue weighted by molar-refractivity contribution is 0.0994. The van der Waals surface area contributed by atoms with Gasteiger partial charge < -0.3 is 20.1 Å². The first kappa shape index (κ1) is 10.3. The van der Waals surface area contributed by atoms with E-state index in [1.165, 1.54) is 0 Å². The molecule has 2 amide bonds. The number of hydrogen-bond donors (Lipinski definition) is 2. The highest BCUT2D eigenvalue weighted by atomic mass is 16.5. The number of nitrogens with zero attached hydrogens (tertiary/aromatic N) is 1. The summed E-state index contributed by atoms with van der Waals surface area (Å²) < 4.78 is 4.98. The van der Waals surface area contributed by atoms with E-state index in [4.69, 9.17) is 9.84 Å². The third-order valence-corrected chi connectivity index (χ3v) is 2.15. The van der Waals surface area contributed by atoms with Crippen molar-refractivity contribution in [1.82, 2.24) is 10.2 Å². The average Bonchev–Trinajstić information content (AvgIpc) is 2.51. The van der Waals surface area contributed by atoms with Crippen LogP contribution in [0.1, 0.15) is 6.42 Å². The second kappa shape index (κ2) is 5.04. The second-order valence-corrected chi connectivity index (χ2v) is 3.05. The minimum atomic E-state index is -0.0597. The lowest BCUT2D eigenvalue weighted by Crippen LogP contribution is -2.41. The molecule has 1 heterocycles. The van der Waals surface area contributed by atoms with Crippen LogP contribution in [0.4, 0.5) is 4.79 Å². The molecule has 0 aromatic carbocycles. The van der Waals surface area contributed by atoms with Crippen LogP contribution in [0.15, 0.2) is 0 Å². The smallest absolute Gasteiger partial charge is 0.317 e. The quantitative estimate of drug-likeness (QED) is 0.606. The maximum atomic E-state index is 11.2. The normalized spacial score (nSPS) is 18.9. The first-order valence-electron chi connectivity index (χ1n) is 4.44. The molecule has 5 heteroatoms. The molecule has 1 aliphatic rings. The van der Waals surface area contributed by atoms with Gasteiger partial charge in [0.1, 0.15) is 0 Å². The molecule has 5 nitrogen and oxygen atoms in total. The summed E-state index contributed by atoms with van der Waals surface area (Å²) in [5.74, 6) is 0. The van der Waals surface area contributed by atoms with Gasteiger partial charge in [0.15, 0.2) is 0 Å². The number of methoxy groups -OCH3 is 1. The Kier molecular flexibility index (Phi) is 3.98. The molecule has 76 valence electrons. The van der Waals surface area contributed by atoms with Crippen LogP contribution in [0.25, 0.3) is 0 Å². The number of ether oxygens (including phenoxy) is 1. The van der Waals surface area contributed by atoms with E-state index in [1.54, 1.807) is 12.0 Å². The second-order valence-electron chi connectivity index (χ2n) is 3.05. The molecule has 1 unspecified atom stereocenters. The fourth-order valence-electron chi connectivity index (χ4n) is 1.51. The third kappa shape index (κ3) is 2.57. The number of carbonyl (C=O) groups is 1. The van der Waals surface area contributed by atoms with Crippen LogP contribution < -0.4 is 5.32 Å². The highest BCUT2D eigenvalue weighted by Crippen LogP contribution is 2.08. The van der Waals surface area contributed by atoms with E-state index in [0.717, 1.165) is 0 Å². The number of aliphatic hydroxyl groups is 1. The van der Waals surface area contributed by atoms with Gasteiger partial charge >= 0.3 is 6.03 Å². The zero-order valence-corrected chi connectivity index (χ0v) is 7.82. The average molecular weight is 188 g/mol. The largest absolute Gasteiger partial charge is 0.396 e. The van der Waals surface area contributed by atoms with E-state index in [2.05, 4.69) is 5.32 Å². The molecule has 1 rings (SSSR count). The van der Waals surface area contributed by atoms with Crippen molar-refractivity contribution in [2.75, 3.05) is 33.4 Å². The summed E-state index contributed by atoms with van der Waals surface area (Å²) >= 11 is 0. The summed E-state index contributed by atoms with van der Waals surface area (Å²) in [6.07, 6.45) is 0.571. The number of nitrogens with one attached hydrogen (secondary N) is 1. The van der Waals surface area contributed by atoms with Gasteiger partial charge in [-0.15, -0.1) is 0 Å². The van der Waals surface area contributed by atoms with Gasteiger partial charge in [0.2, 0.25) is 0 Å². The van der Waals surface area contributed by atoms with Crippen LogP contribution in [-0.2, 0) is 4.74 Å². The van der Waals surface area contributed by atoms with Crippen molar-refractivity contribution in [3.63, 3.8) is 0 Å². The fourth-order valence-corrected chi connectivity index (χ4v) is 1.51. The van der Waals surface area contributed by atoms with Crippen molar-refractivity contribution < 1.29 is 14.6 Å². The molecule has 2 N–H and O–H groups in total. The summed E-state index contributed by atoms with van der Waals surface area (Å²) in [7, 11) is 1.60. The molecule has 13 heavy (non-hydrogen) atoms. The molecular weight excluding hydrogens is 172 g/mol. The number of hydrogen-bond acceptors (Lipinski definition) is 3. The van der Waals surface area contributed by atoms with Crippen molar-refractivity contribution >= 4 is 6.03 Å². The van der Waals surface area contributed by atoms with Gasteiger partial charge in [-0.3, -0.25) is 0 Å². The number of aliphatic hydroxyl groups excluding tert-OH is 1. The Bertz CT molecular complexity index is 169. The Labute approximate surface area is 77.7 Å². The van der Waals surface area contributed by atoms with E-state index in [-0.39, 0.29) is 18.7 Å². The van der Waals surface area contributed by atoms with Gasteiger partial charge in [-0.1, -0.05) is 0 Å². The Hall–Kier alpha value is -0.810. The molecule has 0 aromatic heterocycles. The van der Waals surface area contributed by atoms with Crippen molar-refractivity contribution in [3.05, 3.63) is 0 Å². The highest BCUT2D eigenvalue weighted by Gasteiger charge is 2.26. The molecule has 1 aliphatic heterocycles. The van der Waals surface area contributed by atoms with Crippen LogP contribution in [0, 0.1) is 0 Å². The summed E-state index contributed by atoms with van der Waals surface area (Å²) in [4.78, 5) is 13.0. The summed E-state index contributed by atoms with van der Waals surface area (Å²) in [5, 5.41) is 11.5. The van der Waals surface area contributed by atoms with Gasteiger partial charge in [0, 0.05) is 26.8 Å². The van der Waals surface area contributed by atoms with Crippen molar-refractivity contribution in [2.45, 2.75) is 12.5 Å². The van der Waals surface area contributed by atoms with Gasteiger partial charge in [-0.2, -0.15) is 0 Å². The monoisotopic (exact) mass is 188 g/mol. The standard InChI is InChI=1S/C8H16N2O3/c1-13-6-7(2-5-11)10-4-3-9-8(10)12/h7,11H,2-6H2,1H3,(H,9,12). The van der Waals surface area contributed by atoms with Crippen LogP contribution in [-0.4, -0.2) is 55.5 Å². The molecule has 0 bridgehead atoms. The highest BCUT2D eigenvalue weighted by molar-refractivity contribution is 5.76. The number of urea groups is 1. The zero-order valence-electron chi connectivity index (χ0n) is 7.82. The maximum Gasteiger partial charge on any atom is 0.317 e. The summed E-state index contributed by atoms with van der Waals surface area (Å²) in [6.45, 7) is 1.95. The molecule has 0 saturated carbocycles. The number of rotatable bonds is 5. The fraction of sp³-hybridized carbons (Fsp3) is 0.875. The van der Waals surface area contributed by atoms with E-state index < -0.39 is 0 Å². The van der Waals surface area contributed by atoms with Crippen LogP contribution in [0.2, 0.25) is 0 Å². The van der Waals surface area contributed by atoms with Gasteiger partial charge in [0.05, 0.1) is 12.6 Å². The Morgan fingerprint density at radius 1 is 1.77 bits per heavy atom. The van der Waals surface area contributed by atoms with Gasteiger partial charge in [-0.05, 0) is 6.42 Å². The molecule has 1 saturated heterocycles. The zero-order chi connectivity index (χ0) is 9.68. The minimum Gasteiger partial charge on any atom is -0.396 e. The minimum absolute atomic E-state index is 0.00231. The Balaban J connectivity index is 2.47. The molecule has 0 aliphatic carbocycles. The van der Waals surface area contributed by atoms with Crippen LogP contribution >= 0.6 is 0 Å². The molecule has 0 radical (unpaired) electrons. The number of amides is 2. The molecule has 1 fully saturated rings. The van der Waals surface area contributed by atoms with E-state index in [0.29, 0.717) is 26.1 Å². The van der Waals surface area contributed by atoms with Crippen LogP contribution in [0.3, 0.4) is 0 Å². The first-order chi connectivity index (χ1) is 6.29. The van der Waals surface area contributed by atoms with E-state index in [9.17, 15) is 4.79 Å². The topological polar surface area (TPSA) is 61.8 Å². The van der Waals surface area contributed by atoms with Crippen molar-refractivity contribution in [1.29, 1.82) is 0 Å². The predicted molar refractivity (Wildman–Crippen MR) is 47.5 cm³/mol. The summed E-state index contributed by atoms with van der Waals surface area (Å²) in [5.41, 5.74) is 0. The third-order valence-electron chi connectivity index (χ3n) is 2.15. The Morgan fingerprint density at radius 3 is 3.00 bits per heavy atom. The van der Waals surface area contributed by atoms with Crippen molar-refractivity contribution in [2.24, 2.45) is 0 Å². The van der Waals surface area contributed by atoms with E-state index in [1.807, 2.05) is 0 Å². The van der Waals surface area contributed by atoms with Gasteiger partial charge in [0.25, 0.3) is 0 Å². The maximum absolute atomic E-state index is 11.2. The lowest BCUT2D eigenvalue weighted by atomic mass is 10.2. The van der Waals surface area contributed by atoms with Gasteiger partial charge in [-0.25, -0.2) is 4.79 Å².